The van der Waals surface area contributed by atoms with Gasteiger partial charge in [-0.05, 0) is 61.5 Å². The maximum atomic E-state index is 12.5. The average molecular weight is 321 g/mol. The summed E-state index contributed by atoms with van der Waals surface area (Å²) in [5.41, 5.74) is 0.193. The van der Waals surface area contributed by atoms with Gasteiger partial charge in [0.15, 0.2) is 0 Å². The summed E-state index contributed by atoms with van der Waals surface area (Å²) in [4.78, 5) is 12.5. The molecule has 2 bridgehead atoms. The SMILES string of the molecule is O=C(NC1CC2CC1C1CCCC21)c1ccccc1OC(F)F. The number of carbonyl (C=O) groups excluding carboxylic acids is 1. The predicted octanol–water partition coefficient (Wildman–Crippen LogP) is 3.84. The number of para-hydroxylation sites is 1. The molecule has 1 aromatic carbocycles. The van der Waals surface area contributed by atoms with Gasteiger partial charge in [-0.1, -0.05) is 18.6 Å². The molecule has 3 aliphatic rings. The molecule has 1 N–H and O–H groups in total. The maximum Gasteiger partial charge on any atom is 0.387 e. The van der Waals surface area contributed by atoms with Gasteiger partial charge in [-0.2, -0.15) is 8.78 Å². The van der Waals surface area contributed by atoms with E-state index in [0.29, 0.717) is 5.92 Å². The summed E-state index contributed by atoms with van der Waals surface area (Å²) in [6, 6.07) is 6.40. The number of amides is 1. The van der Waals surface area contributed by atoms with Crippen molar-refractivity contribution in [3.8, 4) is 5.75 Å². The lowest BCUT2D eigenvalue weighted by atomic mass is 9.79. The number of halogens is 2. The highest BCUT2D eigenvalue weighted by Crippen LogP contribution is 2.58. The largest absolute Gasteiger partial charge is 0.434 e. The molecule has 0 radical (unpaired) electrons. The quantitative estimate of drug-likeness (QED) is 0.915. The Morgan fingerprint density at radius 3 is 2.74 bits per heavy atom. The number of alkyl halides is 2. The smallest absolute Gasteiger partial charge is 0.387 e. The molecule has 23 heavy (non-hydrogen) atoms. The zero-order valence-corrected chi connectivity index (χ0v) is 12.9. The molecule has 0 heterocycles. The third-order valence-corrected chi connectivity index (χ3v) is 6.09. The lowest BCUT2D eigenvalue weighted by molar-refractivity contribution is -0.0501. The van der Waals surface area contributed by atoms with E-state index >= 15 is 0 Å². The highest BCUT2D eigenvalue weighted by atomic mass is 19.3. The normalized spacial score (nSPS) is 34.7. The van der Waals surface area contributed by atoms with Crippen LogP contribution < -0.4 is 10.1 Å². The summed E-state index contributed by atoms with van der Waals surface area (Å²) in [6.45, 7) is -2.93. The Morgan fingerprint density at radius 2 is 1.91 bits per heavy atom. The molecule has 0 aromatic heterocycles. The molecule has 3 fully saturated rings. The van der Waals surface area contributed by atoms with E-state index in [-0.39, 0.29) is 23.3 Å². The molecule has 1 aromatic rings. The van der Waals surface area contributed by atoms with E-state index in [0.717, 1.165) is 24.2 Å². The van der Waals surface area contributed by atoms with Crippen LogP contribution in [0.2, 0.25) is 0 Å². The van der Waals surface area contributed by atoms with Crippen LogP contribution in [0.25, 0.3) is 0 Å². The monoisotopic (exact) mass is 321 g/mol. The number of hydrogen-bond donors (Lipinski definition) is 1. The minimum Gasteiger partial charge on any atom is -0.434 e. The van der Waals surface area contributed by atoms with Crippen molar-refractivity contribution < 1.29 is 18.3 Å². The molecule has 0 saturated heterocycles. The summed E-state index contributed by atoms with van der Waals surface area (Å²) in [7, 11) is 0. The summed E-state index contributed by atoms with van der Waals surface area (Å²) in [5, 5.41) is 3.09. The van der Waals surface area contributed by atoms with Crippen molar-refractivity contribution in [1.29, 1.82) is 0 Å². The number of carbonyl (C=O) groups is 1. The first-order valence-electron chi connectivity index (χ1n) is 8.48. The number of hydrogen-bond acceptors (Lipinski definition) is 2. The Morgan fingerprint density at radius 1 is 1.13 bits per heavy atom. The van der Waals surface area contributed by atoms with Crippen molar-refractivity contribution in [1.82, 2.24) is 5.32 Å². The summed E-state index contributed by atoms with van der Waals surface area (Å²) in [6.07, 6.45) is 6.19. The van der Waals surface area contributed by atoms with Crippen LogP contribution in [0.1, 0.15) is 42.5 Å². The van der Waals surface area contributed by atoms with Crippen molar-refractivity contribution in [2.45, 2.75) is 44.8 Å². The molecule has 3 aliphatic carbocycles. The van der Waals surface area contributed by atoms with Crippen LogP contribution >= 0.6 is 0 Å². The number of nitrogens with one attached hydrogen (secondary N) is 1. The Bertz CT molecular complexity index is 606. The molecular formula is C18H21F2NO2. The predicted molar refractivity (Wildman–Crippen MR) is 81.4 cm³/mol. The van der Waals surface area contributed by atoms with Crippen LogP contribution in [0.5, 0.6) is 5.75 Å². The van der Waals surface area contributed by atoms with Crippen molar-refractivity contribution in [2.75, 3.05) is 0 Å². The van der Waals surface area contributed by atoms with Gasteiger partial charge in [0, 0.05) is 6.04 Å². The first-order chi connectivity index (χ1) is 11.1. The van der Waals surface area contributed by atoms with E-state index in [4.69, 9.17) is 0 Å². The third-order valence-electron chi connectivity index (χ3n) is 6.09. The topological polar surface area (TPSA) is 38.3 Å². The Labute approximate surface area is 134 Å². The van der Waals surface area contributed by atoms with Gasteiger partial charge in [0.05, 0.1) is 5.56 Å². The van der Waals surface area contributed by atoms with Crippen LogP contribution in [0.4, 0.5) is 8.78 Å². The molecule has 124 valence electrons. The van der Waals surface area contributed by atoms with Gasteiger partial charge >= 0.3 is 6.61 Å². The highest BCUT2D eigenvalue weighted by molar-refractivity contribution is 5.97. The van der Waals surface area contributed by atoms with Gasteiger partial charge < -0.3 is 10.1 Å². The molecule has 3 saturated carbocycles. The number of benzene rings is 1. The van der Waals surface area contributed by atoms with E-state index < -0.39 is 6.61 Å². The van der Waals surface area contributed by atoms with E-state index in [1.807, 2.05) is 0 Å². The van der Waals surface area contributed by atoms with Crippen molar-refractivity contribution in [2.24, 2.45) is 23.7 Å². The van der Waals surface area contributed by atoms with Crippen LogP contribution in [-0.2, 0) is 0 Å². The second-order valence-corrected chi connectivity index (χ2v) is 7.11. The zero-order valence-electron chi connectivity index (χ0n) is 12.9. The van der Waals surface area contributed by atoms with Crippen LogP contribution in [-0.4, -0.2) is 18.6 Å². The van der Waals surface area contributed by atoms with E-state index in [2.05, 4.69) is 10.1 Å². The van der Waals surface area contributed by atoms with Gasteiger partial charge in [0.25, 0.3) is 5.91 Å². The molecule has 5 unspecified atom stereocenters. The lowest BCUT2D eigenvalue weighted by Gasteiger charge is -2.32. The molecule has 1 amide bonds. The van der Waals surface area contributed by atoms with E-state index in [1.54, 1.807) is 18.2 Å². The Kier molecular flexibility index (Phi) is 3.74. The lowest BCUT2D eigenvalue weighted by Crippen LogP contribution is -2.42. The second-order valence-electron chi connectivity index (χ2n) is 7.11. The van der Waals surface area contributed by atoms with Crippen molar-refractivity contribution in [3.05, 3.63) is 29.8 Å². The molecule has 5 heteroatoms. The molecule has 5 atom stereocenters. The first-order valence-corrected chi connectivity index (χ1v) is 8.48. The van der Waals surface area contributed by atoms with Gasteiger partial charge in [0.1, 0.15) is 5.75 Å². The third kappa shape index (κ3) is 2.60. The van der Waals surface area contributed by atoms with Crippen molar-refractivity contribution in [3.63, 3.8) is 0 Å². The van der Waals surface area contributed by atoms with Crippen LogP contribution in [0.15, 0.2) is 24.3 Å². The molecule has 0 aliphatic heterocycles. The molecule has 0 spiro atoms. The fourth-order valence-corrected chi connectivity index (χ4v) is 5.33. The van der Waals surface area contributed by atoms with Gasteiger partial charge in [-0.3, -0.25) is 4.79 Å². The standard InChI is InChI=1S/C18H21F2NO2/c19-18(20)23-16-7-2-1-4-13(16)17(22)21-15-9-10-8-14(15)12-6-3-5-11(10)12/h1-2,4,7,10-12,14-15,18H,3,5-6,8-9H2,(H,21,22). The van der Waals surface area contributed by atoms with Gasteiger partial charge in [-0.15, -0.1) is 0 Å². The fourth-order valence-electron chi connectivity index (χ4n) is 5.33. The first kappa shape index (κ1) is 14.9. The molecular weight excluding hydrogens is 300 g/mol. The zero-order chi connectivity index (χ0) is 16.0. The minimum atomic E-state index is -2.93. The number of fused-ring (bicyclic) bond motifs is 5. The van der Waals surface area contributed by atoms with E-state index in [1.165, 1.54) is 31.7 Å². The van der Waals surface area contributed by atoms with Gasteiger partial charge in [-0.25, -0.2) is 0 Å². The molecule has 4 rings (SSSR count). The second kappa shape index (κ2) is 5.77. The van der Waals surface area contributed by atoms with Crippen molar-refractivity contribution >= 4 is 5.91 Å². The van der Waals surface area contributed by atoms with Crippen LogP contribution in [0.3, 0.4) is 0 Å². The van der Waals surface area contributed by atoms with Crippen LogP contribution in [0, 0.1) is 23.7 Å². The summed E-state index contributed by atoms with van der Waals surface area (Å²) in [5.74, 6) is 2.58. The van der Waals surface area contributed by atoms with Gasteiger partial charge in [0.2, 0.25) is 0 Å². The highest BCUT2D eigenvalue weighted by Gasteiger charge is 2.54. The van der Waals surface area contributed by atoms with E-state index in [9.17, 15) is 13.6 Å². The number of rotatable bonds is 4. The average Bonchev–Trinajstić information content (AvgIpc) is 3.19. The molecule has 3 nitrogen and oxygen atoms in total. The summed E-state index contributed by atoms with van der Waals surface area (Å²) >= 11 is 0. The minimum absolute atomic E-state index is 0.0538. The summed E-state index contributed by atoms with van der Waals surface area (Å²) < 4.78 is 29.4. The Hall–Kier alpha value is -1.65. The number of ether oxygens (including phenoxy) is 1. The maximum absolute atomic E-state index is 12.5. The fraction of sp³-hybridized carbons (Fsp3) is 0.611. The Balaban J connectivity index is 1.47.